The van der Waals surface area contributed by atoms with Gasteiger partial charge in [0.1, 0.15) is 6.10 Å². The lowest BCUT2D eigenvalue weighted by Gasteiger charge is -2.29. The fourth-order valence-corrected chi connectivity index (χ4v) is 3.40. The van der Waals surface area contributed by atoms with Crippen molar-refractivity contribution in [2.45, 2.75) is 24.4 Å². The highest BCUT2D eigenvalue weighted by Crippen LogP contribution is 2.55. The summed E-state index contributed by atoms with van der Waals surface area (Å²) in [6.07, 6.45) is 2.36. The largest absolute Gasteiger partial charge is 0.370 e. The zero-order chi connectivity index (χ0) is 10.5. The lowest BCUT2D eigenvalue weighted by molar-refractivity contribution is 0.0261. The number of likely N-dealkylation sites (N-methyl/N-ethyl adjacent to an activating group) is 1. The van der Waals surface area contributed by atoms with Crippen molar-refractivity contribution in [3.8, 4) is 0 Å². The van der Waals surface area contributed by atoms with E-state index in [4.69, 9.17) is 4.74 Å². The summed E-state index contributed by atoms with van der Waals surface area (Å²) in [6.45, 7) is 1.53. The predicted molar refractivity (Wildman–Crippen MR) is 57.8 cm³/mol. The lowest BCUT2D eigenvalue weighted by Crippen LogP contribution is -2.29. The highest BCUT2D eigenvalue weighted by atomic mass is 32.1. The van der Waals surface area contributed by atoms with E-state index in [0.29, 0.717) is 0 Å². The molecule has 0 saturated heterocycles. The van der Waals surface area contributed by atoms with Crippen LogP contribution in [0.15, 0.2) is 6.07 Å². The summed E-state index contributed by atoms with van der Waals surface area (Å²) in [6, 6.07) is 1.72. The van der Waals surface area contributed by atoms with Crippen molar-refractivity contribution in [2.24, 2.45) is 0 Å². The number of hydrogen-bond donors (Lipinski definition) is 1. The summed E-state index contributed by atoms with van der Waals surface area (Å²) in [5.41, 5.74) is 1.40. The summed E-state index contributed by atoms with van der Waals surface area (Å²) in [5, 5.41) is 3.02. The third kappa shape index (κ3) is 1.43. The minimum Gasteiger partial charge on any atom is -0.370 e. The Kier molecular flexibility index (Phi) is 2.13. The van der Waals surface area contributed by atoms with Gasteiger partial charge < -0.3 is 10.1 Å². The Labute approximate surface area is 92.4 Å². The Balaban J connectivity index is 2.00. The third-order valence-electron chi connectivity index (χ3n) is 3.40. The lowest BCUT2D eigenvalue weighted by atomic mass is 9.93. The third-order valence-corrected chi connectivity index (χ3v) is 4.41. The van der Waals surface area contributed by atoms with Crippen LogP contribution in [0.3, 0.4) is 0 Å². The van der Waals surface area contributed by atoms with Gasteiger partial charge in [0.15, 0.2) is 5.13 Å². The second kappa shape index (κ2) is 3.27. The molecular formula is C11H14FNOS. The average molecular weight is 227 g/mol. The Hall–Kier alpha value is -0.450. The number of halogens is 1. The van der Waals surface area contributed by atoms with Gasteiger partial charge >= 0.3 is 0 Å². The topological polar surface area (TPSA) is 21.3 Å². The van der Waals surface area contributed by atoms with Crippen molar-refractivity contribution in [1.29, 1.82) is 0 Å². The van der Waals surface area contributed by atoms with Crippen LogP contribution < -0.4 is 5.32 Å². The van der Waals surface area contributed by atoms with E-state index in [1.807, 2.05) is 7.05 Å². The number of nitrogens with one attached hydrogen (secondary N) is 1. The van der Waals surface area contributed by atoms with Crippen molar-refractivity contribution >= 4 is 11.3 Å². The molecule has 0 amide bonds. The molecule has 82 valence electrons. The van der Waals surface area contributed by atoms with Crippen molar-refractivity contribution in [3.63, 3.8) is 0 Å². The summed E-state index contributed by atoms with van der Waals surface area (Å²) in [4.78, 5) is 1.10. The van der Waals surface area contributed by atoms with E-state index in [2.05, 4.69) is 5.32 Å². The first kappa shape index (κ1) is 9.75. The Bertz CT molecular complexity index is 386. The molecule has 4 heteroatoms. The van der Waals surface area contributed by atoms with Gasteiger partial charge in [0.05, 0.1) is 6.61 Å². The highest BCUT2D eigenvalue weighted by molar-refractivity contribution is 7.10. The van der Waals surface area contributed by atoms with Gasteiger partial charge in [-0.3, -0.25) is 0 Å². The fraction of sp³-hybridized carbons (Fsp3) is 0.636. The molecule has 1 aliphatic carbocycles. The van der Waals surface area contributed by atoms with Crippen molar-refractivity contribution in [2.75, 3.05) is 20.2 Å². The molecule has 0 aromatic carbocycles. The van der Waals surface area contributed by atoms with Crippen LogP contribution >= 0.6 is 11.3 Å². The zero-order valence-electron chi connectivity index (χ0n) is 8.68. The van der Waals surface area contributed by atoms with Gasteiger partial charge in [-0.1, -0.05) is 0 Å². The van der Waals surface area contributed by atoms with Crippen LogP contribution in [0.2, 0.25) is 0 Å². The monoisotopic (exact) mass is 227 g/mol. The number of ether oxygens (including phenoxy) is 1. The van der Waals surface area contributed by atoms with Crippen molar-refractivity contribution < 1.29 is 9.13 Å². The minimum atomic E-state index is -0.0714. The Morgan fingerprint density at radius 3 is 3.13 bits per heavy atom. The number of thiophene rings is 1. The minimum absolute atomic E-state index is 0.0470. The summed E-state index contributed by atoms with van der Waals surface area (Å²) in [7, 11) is 1.90. The van der Waals surface area contributed by atoms with Crippen molar-refractivity contribution in [1.82, 2.24) is 5.32 Å². The molecular weight excluding hydrogens is 213 g/mol. The highest BCUT2D eigenvalue weighted by Gasteiger charge is 2.50. The van der Waals surface area contributed by atoms with Gasteiger partial charge in [-0.05, 0) is 31.5 Å². The summed E-state index contributed by atoms with van der Waals surface area (Å²) >= 11 is 1.25. The number of hydrogen-bond acceptors (Lipinski definition) is 3. The van der Waals surface area contributed by atoms with E-state index >= 15 is 0 Å². The smallest absolute Gasteiger partial charge is 0.177 e. The number of rotatable bonds is 2. The van der Waals surface area contributed by atoms with Gasteiger partial charge in [0, 0.05) is 16.8 Å². The molecule has 0 radical (unpaired) electrons. The van der Waals surface area contributed by atoms with Gasteiger partial charge in [0.25, 0.3) is 0 Å². The molecule has 2 heterocycles. The summed E-state index contributed by atoms with van der Waals surface area (Å²) < 4.78 is 19.1. The normalized spacial score (nSPS) is 26.7. The molecule has 0 bridgehead atoms. The SMILES string of the molecule is CNCC1OCC2(CC2)c2cc(F)sc21. The molecule has 1 unspecified atom stereocenters. The van der Waals surface area contributed by atoms with E-state index in [1.165, 1.54) is 16.9 Å². The zero-order valence-corrected chi connectivity index (χ0v) is 9.49. The van der Waals surface area contributed by atoms with Crippen LogP contribution in [0.4, 0.5) is 4.39 Å². The molecule has 1 aromatic heterocycles. The molecule has 1 atom stereocenters. The molecule has 1 aromatic rings. The first-order chi connectivity index (χ1) is 7.25. The second-order valence-electron chi connectivity index (χ2n) is 4.47. The molecule has 3 rings (SSSR count). The summed E-state index contributed by atoms with van der Waals surface area (Å²) in [5.74, 6) is 0. The first-order valence-electron chi connectivity index (χ1n) is 5.31. The van der Waals surface area contributed by atoms with E-state index in [-0.39, 0.29) is 16.6 Å². The molecule has 1 fully saturated rings. The van der Waals surface area contributed by atoms with Crippen LogP contribution in [-0.4, -0.2) is 20.2 Å². The molecule has 1 N–H and O–H groups in total. The Morgan fingerprint density at radius 1 is 1.67 bits per heavy atom. The van der Waals surface area contributed by atoms with Crippen LogP contribution in [-0.2, 0) is 10.2 Å². The fourth-order valence-electron chi connectivity index (χ4n) is 2.34. The maximum atomic E-state index is 13.3. The quantitative estimate of drug-likeness (QED) is 0.836. The van der Waals surface area contributed by atoms with Crippen LogP contribution in [0.25, 0.3) is 0 Å². The van der Waals surface area contributed by atoms with Crippen LogP contribution in [0, 0.1) is 5.13 Å². The molecule has 1 aliphatic heterocycles. The second-order valence-corrected chi connectivity index (χ2v) is 5.50. The van der Waals surface area contributed by atoms with E-state index in [0.717, 1.165) is 30.9 Å². The van der Waals surface area contributed by atoms with E-state index < -0.39 is 0 Å². The average Bonchev–Trinajstić information content (AvgIpc) is 2.87. The van der Waals surface area contributed by atoms with Gasteiger partial charge in [-0.25, -0.2) is 0 Å². The Morgan fingerprint density at radius 2 is 2.47 bits per heavy atom. The van der Waals surface area contributed by atoms with E-state index in [9.17, 15) is 4.39 Å². The molecule has 2 aliphatic rings. The predicted octanol–water partition coefficient (Wildman–Crippen LogP) is 2.21. The van der Waals surface area contributed by atoms with Crippen LogP contribution in [0.5, 0.6) is 0 Å². The van der Waals surface area contributed by atoms with Gasteiger partial charge in [-0.2, -0.15) is 4.39 Å². The molecule has 15 heavy (non-hydrogen) atoms. The maximum Gasteiger partial charge on any atom is 0.177 e. The standard InChI is InChI=1S/C11H14FNOS/c1-13-5-8-10-7(4-9(12)15-10)11(2-3-11)6-14-8/h4,8,13H,2-3,5-6H2,1H3. The van der Waals surface area contributed by atoms with E-state index in [1.54, 1.807) is 6.07 Å². The first-order valence-corrected chi connectivity index (χ1v) is 6.13. The van der Waals surface area contributed by atoms with Gasteiger partial charge in [-0.15, -0.1) is 11.3 Å². The molecule has 1 saturated carbocycles. The van der Waals surface area contributed by atoms with Crippen LogP contribution in [0.1, 0.15) is 29.4 Å². The number of fused-ring (bicyclic) bond motifs is 2. The molecule has 2 nitrogen and oxygen atoms in total. The molecule has 1 spiro atoms. The van der Waals surface area contributed by atoms with Gasteiger partial charge in [0.2, 0.25) is 0 Å². The van der Waals surface area contributed by atoms with Crippen molar-refractivity contribution in [3.05, 3.63) is 21.6 Å². The maximum absolute atomic E-state index is 13.3.